The molecule has 3 rings (SSSR count). The maximum absolute atomic E-state index is 12.8. The zero-order valence-electron chi connectivity index (χ0n) is 18.0. The van der Waals surface area contributed by atoms with Gasteiger partial charge in [0.2, 0.25) is 11.8 Å². The van der Waals surface area contributed by atoms with Crippen LogP contribution >= 0.6 is 12.2 Å². The third-order valence-corrected chi connectivity index (χ3v) is 5.51. The standard InChI is InChI=1S/C23H26N4O4S/c1-3-26-22(30)19(15-21(29)24-17-10-12-18(31-2)13-11-17)27(23(26)32)25-20(28)14-9-16-7-5-4-6-8-16/h4-8,10-13,19H,3,9,14-15H2,1-2H3,(H,24,29)(H,25,28). The van der Waals surface area contributed by atoms with Gasteiger partial charge in [-0.1, -0.05) is 30.3 Å². The number of likely N-dealkylation sites (N-methyl/N-ethyl adjacent to an activating group) is 1. The Kier molecular flexibility index (Phi) is 7.77. The molecule has 1 atom stereocenters. The molecule has 2 aromatic carbocycles. The SMILES string of the molecule is CCN1C(=O)C(CC(=O)Nc2ccc(OC)cc2)N(NC(=O)CCc2ccccc2)C1=S. The highest BCUT2D eigenvalue weighted by atomic mass is 32.1. The number of anilines is 1. The second-order valence-electron chi connectivity index (χ2n) is 7.25. The average Bonchev–Trinajstić information content (AvgIpc) is 3.02. The molecule has 1 aliphatic rings. The van der Waals surface area contributed by atoms with Gasteiger partial charge in [-0.3, -0.25) is 24.7 Å². The van der Waals surface area contributed by atoms with Crippen LogP contribution in [-0.4, -0.2) is 52.4 Å². The zero-order valence-corrected chi connectivity index (χ0v) is 18.9. The number of hydrazine groups is 1. The van der Waals surface area contributed by atoms with E-state index < -0.39 is 6.04 Å². The highest BCUT2D eigenvalue weighted by Crippen LogP contribution is 2.21. The van der Waals surface area contributed by atoms with E-state index in [-0.39, 0.29) is 35.7 Å². The summed E-state index contributed by atoms with van der Waals surface area (Å²) in [6.45, 7) is 2.14. The topological polar surface area (TPSA) is 91.0 Å². The number of rotatable bonds is 9. The molecule has 1 saturated heterocycles. The number of hydrogen-bond acceptors (Lipinski definition) is 5. The number of methoxy groups -OCH3 is 1. The fourth-order valence-corrected chi connectivity index (χ4v) is 3.79. The maximum atomic E-state index is 12.8. The predicted molar refractivity (Wildman–Crippen MR) is 125 cm³/mol. The van der Waals surface area contributed by atoms with Gasteiger partial charge in [-0.15, -0.1) is 0 Å². The van der Waals surface area contributed by atoms with Crippen molar-refractivity contribution in [3.8, 4) is 5.75 Å². The van der Waals surface area contributed by atoms with Crippen molar-refractivity contribution in [3.63, 3.8) is 0 Å². The average molecular weight is 455 g/mol. The summed E-state index contributed by atoms with van der Waals surface area (Å²) in [5.74, 6) is -0.284. The van der Waals surface area contributed by atoms with Crippen molar-refractivity contribution < 1.29 is 19.1 Å². The van der Waals surface area contributed by atoms with E-state index in [1.54, 1.807) is 38.3 Å². The fraction of sp³-hybridized carbons (Fsp3) is 0.304. The normalized spacial score (nSPS) is 15.6. The van der Waals surface area contributed by atoms with E-state index in [2.05, 4.69) is 10.7 Å². The van der Waals surface area contributed by atoms with Gasteiger partial charge >= 0.3 is 0 Å². The van der Waals surface area contributed by atoms with Gasteiger partial charge in [0, 0.05) is 18.7 Å². The second kappa shape index (κ2) is 10.7. The zero-order chi connectivity index (χ0) is 23.1. The third kappa shape index (κ3) is 5.61. The Morgan fingerprint density at radius 2 is 1.75 bits per heavy atom. The van der Waals surface area contributed by atoms with Gasteiger partial charge in [0.15, 0.2) is 5.11 Å². The summed E-state index contributed by atoms with van der Waals surface area (Å²) < 4.78 is 5.11. The highest BCUT2D eigenvalue weighted by Gasteiger charge is 2.43. The van der Waals surface area contributed by atoms with Gasteiger partial charge in [0.05, 0.1) is 13.5 Å². The van der Waals surface area contributed by atoms with Gasteiger partial charge in [0.25, 0.3) is 5.91 Å². The van der Waals surface area contributed by atoms with Crippen LogP contribution in [-0.2, 0) is 20.8 Å². The van der Waals surface area contributed by atoms with Gasteiger partial charge in [-0.05, 0) is 55.4 Å². The first-order valence-corrected chi connectivity index (χ1v) is 10.8. The number of nitrogens with zero attached hydrogens (tertiary/aromatic N) is 2. The van der Waals surface area contributed by atoms with Gasteiger partial charge in [0.1, 0.15) is 11.8 Å². The number of hydrogen-bond donors (Lipinski definition) is 2. The number of benzene rings is 2. The molecule has 32 heavy (non-hydrogen) atoms. The summed E-state index contributed by atoms with van der Waals surface area (Å²) in [4.78, 5) is 39.4. The molecule has 8 nitrogen and oxygen atoms in total. The van der Waals surface area contributed by atoms with Gasteiger partial charge < -0.3 is 10.1 Å². The first-order valence-electron chi connectivity index (χ1n) is 10.3. The van der Waals surface area contributed by atoms with E-state index in [0.717, 1.165) is 5.56 Å². The summed E-state index contributed by atoms with van der Waals surface area (Å²) in [7, 11) is 1.56. The summed E-state index contributed by atoms with van der Waals surface area (Å²) in [5, 5.41) is 4.28. The monoisotopic (exact) mass is 454 g/mol. The van der Waals surface area contributed by atoms with Crippen LogP contribution in [0.5, 0.6) is 5.75 Å². The van der Waals surface area contributed by atoms with Crippen molar-refractivity contribution in [3.05, 3.63) is 60.2 Å². The van der Waals surface area contributed by atoms with Crippen LogP contribution in [0.4, 0.5) is 5.69 Å². The Hall–Kier alpha value is -3.46. The summed E-state index contributed by atoms with van der Waals surface area (Å²) in [6.07, 6.45) is 0.635. The molecule has 168 valence electrons. The molecule has 0 spiro atoms. The van der Waals surface area contributed by atoms with Crippen LogP contribution in [0.2, 0.25) is 0 Å². The Balaban J connectivity index is 1.64. The molecule has 3 amide bonds. The molecule has 2 aromatic rings. The minimum atomic E-state index is -0.902. The molecule has 0 aromatic heterocycles. The molecule has 1 fully saturated rings. The third-order valence-electron chi connectivity index (χ3n) is 5.10. The summed E-state index contributed by atoms with van der Waals surface area (Å²) in [5.41, 5.74) is 4.34. The van der Waals surface area contributed by atoms with E-state index in [0.29, 0.717) is 24.4 Å². The van der Waals surface area contributed by atoms with Crippen LogP contribution in [0.3, 0.4) is 0 Å². The lowest BCUT2D eigenvalue weighted by Gasteiger charge is -2.24. The fourth-order valence-electron chi connectivity index (χ4n) is 3.40. The smallest absolute Gasteiger partial charge is 0.254 e. The quantitative estimate of drug-likeness (QED) is 0.566. The first kappa shape index (κ1) is 23.2. The number of ether oxygens (including phenoxy) is 1. The van der Waals surface area contributed by atoms with Crippen molar-refractivity contribution in [1.82, 2.24) is 15.3 Å². The lowest BCUT2D eigenvalue weighted by atomic mass is 10.1. The molecule has 1 unspecified atom stereocenters. The Morgan fingerprint density at radius 1 is 1.06 bits per heavy atom. The summed E-state index contributed by atoms with van der Waals surface area (Å²) >= 11 is 5.39. The molecule has 0 aliphatic carbocycles. The van der Waals surface area contributed by atoms with Crippen molar-refractivity contribution in [2.75, 3.05) is 19.0 Å². The maximum Gasteiger partial charge on any atom is 0.254 e. The van der Waals surface area contributed by atoms with Crippen molar-refractivity contribution in [2.45, 2.75) is 32.2 Å². The molecule has 1 heterocycles. The van der Waals surface area contributed by atoms with E-state index in [9.17, 15) is 14.4 Å². The number of amides is 3. The van der Waals surface area contributed by atoms with Crippen molar-refractivity contribution in [1.29, 1.82) is 0 Å². The van der Waals surface area contributed by atoms with Crippen LogP contribution in [0, 0.1) is 0 Å². The van der Waals surface area contributed by atoms with Crippen LogP contribution in [0.25, 0.3) is 0 Å². The largest absolute Gasteiger partial charge is 0.497 e. The van der Waals surface area contributed by atoms with E-state index in [1.807, 2.05) is 30.3 Å². The number of thiocarbonyl (C=S) groups is 1. The van der Waals surface area contributed by atoms with E-state index >= 15 is 0 Å². The van der Waals surface area contributed by atoms with Crippen molar-refractivity contribution in [2.24, 2.45) is 0 Å². The molecule has 0 radical (unpaired) electrons. The number of carbonyl (C=O) groups is 3. The minimum Gasteiger partial charge on any atom is -0.497 e. The molecule has 0 saturated carbocycles. The summed E-state index contributed by atoms with van der Waals surface area (Å²) in [6, 6.07) is 15.6. The molecular weight excluding hydrogens is 428 g/mol. The van der Waals surface area contributed by atoms with E-state index in [4.69, 9.17) is 17.0 Å². The highest BCUT2D eigenvalue weighted by molar-refractivity contribution is 7.80. The van der Waals surface area contributed by atoms with Crippen LogP contribution < -0.4 is 15.5 Å². The predicted octanol–water partition coefficient (Wildman–Crippen LogP) is 2.51. The first-order chi connectivity index (χ1) is 15.4. The van der Waals surface area contributed by atoms with Crippen LogP contribution in [0.1, 0.15) is 25.3 Å². The lowest BCUT2D eigenvalue weighted by Crippen LogP contribution is -2.49. The Bertz CT molecular complexity index is 981. The molecule has 0 bridgehead atoms. The van der Waals surface area contributed by atoms with Gasteiger partial charge in [-0.2, -0.15) is 0 Å². The second-order valence-corrected chi connectivity index (χ2v) is 7.62. The van der Waals surface area contributed by atoms with E-state index in [1.165, 1.54) is 9.91 Å². The Labute approximate surface area is 192 Å². The molecule has 1 aliphatic heterocycles. The van der Waals surface area contributed by atoms with Gasteiger partial charge in [-0.25, -0.2) is 5.01 Å². The number of nitrogens with one attached hydrogen (secondary N) is 2. The van der Waals surface area contributed by atoms with Crippen molar-refractivity contribution >= 4 is 40.7 Å². The van der Waals surface area contributed by atoms with Crippen LogP contribution in [0.15, 0.2) is 54.6 Å². The number of aryl methyl sites for hydroxylation is 1. The minimum absolute atomic E-state index is 0.152. The number of carbonyl (C=O) groups excluding carboxylic acids is 3. The Morgan fingerprint density at radius 3 is 2.38 bits per heavy atom. The lowest BCUT2D eigenvalue weighted by molar-refractivity contribution is -0.132. The molecule has 9 heteroatoms. The molecular formula is C23H26N4O4S. The molecule has 2 N–H and O–H groups in total.